The third kappa shape index (κ3) is 3.04. The summed E-state index contributed by atoms with van der Waals surface area (Å²) in [5.41, 5.74) is 3.43. The number of aromatic nitrogens is 2. The monoisotopic (exact) mass is 258 g/mol. The highest BCUT2D eigenvalue weighted by molar-refractivity contribution is 5.31. The number of nitrogens with zero attached hydrogens (tertiary/aromatic N) is 2. The zero-order chi connectivity index (χ0) is 14.0. The molecule has 0 fully saturated rings. The van der Waals surface area contributed by atoms with Crippen molar-refractivity contribution in [2.75, 3.05) is 0 Å². The predicted octanol–water partition coefficient (Wildman–Crippen LogP) is 3.36. The molecule has 0 aliphatic heterocycles. The first-order chi connectivity index (χ1) is 8.99. The van der Waals surface area contributed by atoms with Crippen LogP contribution in [0.4, 0.5) is 0 Å². The average molecular weight is 258 g/mol. The maximum absolute atomic E-state index is 10.4. The molecule has 0 saturated heterocycles. The van der Waals surface area contributed by atoms with Crippen molar-refractivity contribution in [3.63, 3.8) is 0 Å². The number of hydrogen-bond acceptors (Lipinski definition) is 2. The lowest BCUT2D eigenvalue weighted by molar-refractivity contribution is 0.155. The van der Waals surface area contributed by atoms with Gasteiger partial charge in [-0.1, -0.05) is 32.0 Å². The van der Waals surface area contributed by atoms with Gasteiger partial charge in [-0.2, -0.15) is 0 Å². The van der Waals surface area contributed by atoms with Gasteiger partial charge in [-0.05, 0) is 30.5 Å². The molecular weight excluding hydrogens is 236 g/mol. The average Bonchev–Trinajstić information content (AvgIpc) is 2.80. The van der Waals surface area contributed by atoms with E-state index < -0.39 is 6.10 Å². The van der Waals surface area contributed by atoms with Crippen molar-refractivity contribution in [3.05, 3.63) is 53.1 Å². The second kappa shape index (κ2) is 5.57. The number of aliphatic hydroxyl groups is 1. The molecule has 0 spiro atoms. The molecule has 1 aromatic carbocycles. The fourth-order valence-corrected chi connectivity index (χ4v) is 2.24. The van der Waals surface area contributed by atoms with Crippen LogP contribution >= 0.6 is 0 Å². The Kier molecular flexibility index (Phi) is 4.05. The Hall–Kier alpha value is -1.61. The Labute approximate surface area is 114 Å². The molecule has 1 heterocycles. The van der Waals surface area contributed by atoms with Crippen LogP contribution in [0.5, 0.6) is 0 Å². The third-order valence-corrected chi connectivity index (χ3v) is 3.55. The summed E-state index contributed by atoms with van der Waals surface area (Å²) in [6.45, 7) is 8.93. The van der Waals surface area contributed by atoms with Crippen LogP contribution in [0, 0.1) is 13.8 Å². The second-order valence-corrected chi connectivity index (χ2v) is 5.45. The predicted molar refractivity (Wildman–Crippen MR) is 77.2 cm³/mol. The quantitative estimate of drug-likeness (QED) is 0.913. The van der Waals surface area contributed by atoms with Crippen LogP contribution in [0.1, 0.15) is 48.4 Å². The van der Waals surface area contributed by atoms with E-state index in [-0.39, 0.29) is 0 Å². The van der Waals surface area contributed by atoms with Crippen molar-refractivity contribution in [3.8, 4) is 0 Å². The first-order valence-electron chi connectivity index (χ1n) is 6.75. The van der Waals surface area contributed by atoms with Crippen molar-refractivity contribution in [1.29, 1.82) is 0 Å². The molecule has 1 aromatic heterocycles. The SMILES string of the molecule is Cc1ccc(C(O)Cn2ccnc2C(C)C)cc1C. The van der Waals surface area contributed by atoms with Gasteiger partial charge in [-0.15, -0.1) is 0 Å². The number of rotatable bonds is 4. The maximum Gasteiger partial charge on any atom is 0.111 e. The smallest absolute Gasteiger partial charge is 0.111 e. The number of hydrogen-bond donors (Lipinski definition) is 1. The molecule has 0 aliphatic carbocycles. The van der Waals surface area contributed by atoms with Crippen LogP contribution in [0.25, 0.3) is 0 Å². The lowest BCUT2D eigenvalue weighted by Crippen LogP contribution is -2.12. The summed E-state index contributed by atoms with van der Waals surface area (Å²) in [6.07, 6.45) is 3.23. The van der Waals surface area contributed by atoms with Gasteiger partial charge in [-0.25, -0.2) is 4.98 Å². The van der Waals surface area contributed by atoms with Crippen molar-refractivity contribution in [2.45, 2.75) is 46.3 Å². The van der Waals surface area contributed by atoms with Crippen molar-refractivity contribution >= 4 is 0 Å². The number of benzene rings is 1. The van der Waals surface area contributed by atoms with E-state index in [0.29, 0.717) is 12.5 Å². The van der Waals surface area contributed by atoms with E-state index in [2.05, 4.69) is 44.8 Å². The van der Waals surface area contributed by atoms with E-state index in [9.17, 15) is 5.11 Å². The van der Waals surface area contributed by atoms with Crippen LogP contribution in [-0.4, -0.2) is 14.7 Å². The van der Waals surface area contributed by atoms with Gasteiger partial charge < -0.3 is 9.67 Å². The Bertz CT molecular complexity index is 558. The van der Waals surface area contributed by atoms with Crippen molar-refractivity contribution < 1.29 is 5.11 Å². The van der Waals surface area contributed by atoms with Crippen LogP contribution in [0.3, 0.4) is 0 Å². The standard InChI is InChI=1S/C16H22N2O/c1-11(2)16-17-7-8-18(16)10-15(19)14-6-5-12(3)13(4)9-14/h5-9,11,15,19H,10H2,1-4H3. The van der Waals surface area contributed by atoms with Gasteiger partial charge in [0.1, 0.15) is 5.82 Å². The fourth-order valence-electron chi connectivity index (χ4n) is 2.24. The van der Waals surface area contributed by atoms with Crippen molar-refractivity contribution in [1.82, 2.24) is 9.55 Å². The molecule has 0 aliphatic rings. The highest BCUT2D eigenvalue weighted by atomic mass is 16.3. The lowest BCUT2D eigenvalue weighted by Gasteiger charge is -2.16. The molecule has 19 heavy (non-hydrogen) atoms. The Morgan fingerprint density at radius 3 is 2.58 bits per heavy atom. The molecular formula is C16H22N2O. The second-order valence-electron chi connectivity index (χ2n) is 5.45. The summed E-state index contributed by atoms with van der Waals surface area (Å²) in [5, 5.41) is 10.4. The highest BCUT2D eigenvalue weighted by Crippen LogP contribution is 2.21. The molecule has 2 aromatic rings. The molecule has 1 atom stereocenters. The molecule has 2 rings (SSSR count). The summed E-state index contributed by atoms with van der Waals surface area (Å²) >= 11 is 0. The van der Waals surface area contributed by atoms with Gasteiger partial charge in [0.2, 0.25) is 0 Å². The zero-order valence-electron chi connectivity index (χ0n) is 12.1. The van der Waals surface area contributed by atoms with Crippen LogP contribution < -0.4 is 0 Å². The van der Waals surface area contributed by atoms with E-state index in [0.717, 1.165) is 11.4 Å². The van der Waals surface area contributed by atoms with E-state index in [1.54, 1.807) is 6.20 Å². The molecule has 3 heteroatoms. The van der Waals surface area contributed by atoms with Gasteiger partial charge in [0.15, 0.2) is 0 Å². The topological polar surface area (TPSA) is 38.0 Å². The Morgan fingerprint density at radius 1 is 1.21 bits per heavy atom. The Morgan fingerprint density at radius 2 is 1.95 bits per heavy atom. The molecule has 1 N–H and O–H groups in total. The number of imidazole rings is 1. The molecule has 3 nitrogen and oxygen atoms in total. The minimum Gasteiger partial charge on any atom is -0.387 e. The molecule has 0 radical (unpaired) electrons. The van der Waals surface area contributed by atoms with Gasteiger partial charge in [0, 0.05) is 18.3 Å². The molecule has 0 bridgehead atoms. The fraction of sp³-hybridized carbons (Fsp3) is 0.438. The van der Waals surface area contributed by atoms with Gasteiger partial charge in [0.05, 0.1) is 12.6 Å². The molecule has 102 valence electrons. The first-order valence-corrected chi connectivity index (χ1v) is 6.75. The van der Waals surface area contributed by atoms with Gasteiger partial charge in [0.25, 0.3) is 0 Å². The van der Waals surface area contributed by atoms with Crippen LogP contribution in [0.2, 0.25) is 0 Å². The van der Waals surface area contributed by atoms with Gasteiger partial charge >= 0.3 is 0 Å². The third-order valence-electron chi connectivity index (χ3n) is 3.55. The Balaban J connectivity index is 2.18. The molecule has 0 saturated carbocycles. The minimum absolute atomic E-state index is 0.363. The van der Waals surface area contributed by atoms with Crippen LogP contribution in [0.15, 0.2) is 30.6 Å². The summed E-state index contributed by atoms with van der Waals surface area (Å²) in [5.74, 6) is 1.38. The molecule has 1 unspecified atom stereocenters. The van der Waals surface area contributed by atoms with E-state index in [1.165, 1.54) is 11.1 Å². The van der Waals surface area contributed by atoms with E-state index >= 15 is 0 Å². The number of aliphatic hydroxyl groups excluding tert-OH is 1. The summed E-state index contributed by atoms with van der Waals surface area (Å²) in [4.78, 5) is 4.35. The van der Waals surface area contributed by atoms with Crippen molar-refractivity contribution in [2.24, 2.45) is 0 Å². The first kappa shape index (κ1) is 13.8. The van der Waals surface area contributed by atoms with E-state index in [1.807, 2.05) is 16.8 Å². The largest absolute Gasteiger partial charge is 0.387 e. The van der Waals surface area contributed by atoms with Gasteiger partial charge in [-0.3, -0.25) is 0 Å². The van der Waals surface area contributed by atoms with E-state index in [4.69, 9.17) is 0 Å². The maximum atomic E-state index is 10.4. The van der Waals surface area contributed by atoms with Crippen LogP contribution in [-0.2, 0) is 6.54 Å². The summed E-state index contributed by atoms with van der Waals surface area (Å²) in [7, 11) is 0. The highest BCUT2D eigenvalue weighted by Gasteiger charge is 2.13. The zero-order valence-corrected chi connectivity index (χ0v) is 12.1. The summed E-state index contributed by atoms with van der Waals surface area (Å²) in [6, 6.07) is 6.12. The normalized spacial score (nSPS) is 12.9. The molecule has 0 amide bonds. The summed E-state index contributed by atoms with van der Waals surface area (Å²) < 4.78 is 2.03. The number of aryl methyl sites for hydroxylation is 2. The lowest BCUT2D eigenvalue weighted by atomic mass is 10.0. The minimum atomic E-state index is -0.494.